The molecule has 4 aliphatic carbocycles. The second-order valence-electron chi connectivity index (χ2n) is 7.65. The molecule has 1 aromatic carbocycles. The fourth-order valence-corrected chi connectivity index (χ4v) is 5.20. The molecule has 6 rings (SSSR count). The predicted octanol–water partition coefficient (Wildman–Crippen LogP) is 2.07. The van der Waals surface area contributed by atoms with Crippen LogP contribution in [0.5, 0.6) is 0 Å². The van der Waals surface area contributed by atoms with Gasteiger partial charge in [0, 0.05) is 18.7 Å². The minimum absolute atomic E-state index is 0.0628. The highest BCUT2D eigenvalue weighted by molar-refractivity contribution is 6.06. The van der Waals surface area contributed by atoms with Crippen LogP contribution >= 0.6 is 0 Å². The number of carbonyl (C=O) groups excluding carboxylic acids is 3. The van der Waals surface area contributed by atoms with E-state index in [1.165, 1.54) is 4.90 Å². The van der Waals surface area contributed by atoms with Crippen molar-refractivity contribution in [3.05, 3.63) is 42.5 Å². The second kappa shape index (κ2) is 5.28. The topological polar surface area (TPSA) is 66.5 Å². The minimum Gasteiger partial charge on any atom is -0.326 e. The summed E-state index contributed by atoms with van der Waals surface area (Å²) >= 11 is 0. The molecule has 25 heavy (non-hydrogen) atoms. The molecule has 128 valence electrons. The van der Waals surface area contributed by atoms with Crippen LogP contribution in [0.3, 0.4) is 0 Å². The van der Waals surface area contributed by atoms with Gasteiger partial charge in [0.15, 0.2) is 0 Å². The van der Waals surface area contributed by atoms with Gasteiger partial charge in [-0.05, 0) is 42.2 Å². The molecular formula is C20H20N2O3. The van der Waals surface area contributed by atoms with Crippen LogP contribution in [0, 0.1) is 35.5 Å². The van der Waals surface area contributed by atoms with E-state index in [9.17, 15) is 14.4 Å². The van der Waals surface area contributed by atoms with Crippen molar-refractivity contribution in [2.45, 2.75) is 12.8 Å². The number of hydrogen-bond acceptors (Lipinski definition) is 3. The molecule has 2 saturated carbocycles. The molecule has 1 aromatic rings. The van der Waals surface area contributed by atoms with Crippen molar-refractivity contribution in [2.75, 3.05) is 11.9 Å². The maximum Gasteiger partial charge on any atom is 0.233 e. The average Bonchev–Trinajstić information content (AvgIpc) is 3.40. The van der Waals surface area contributed by atoms with Crippen molar-refractivity contribution in [3.63, 3.8) is 0 Å². The van der Waals surface area contributed by atoms with E-state index in [-0.39, 0.29) is 54.4 Å². The fourth-order valence-electron chi connectivity index (χ4n) is 5.20. The summed E-state index contributed by atoms with van der Waals surface area (Å²) in [6.07, 6.45) is 5.63. The van der Waals surface area contributed by atoms with E-state index in [2.05, 4.69) is 17.5 Å². The lowest BCUT2D eigenvalue weighted by molar-refractivity contribution is -0.140. The molecular weight excluding hydrogens is 316 g/mol. The number of anilines is 1. The largest absolute Gasteiger partial charge is 0.326 e. The highest BCUT2D eigenvalue weighted by Crippen LogP contribution is 2.65. The van der Waals surface area contributed by atoms with Crippen molar-refractivity contribution in [2.24, 2.45) is 35.5 Å². The number of rotatable bonds is 4. The summed E-state index contributed by atoms with van der Waals surface area (Å²) in [6.45, 7) is 0.179. The summed E-state index contributed by atoms with van der Waals surface area (Å²) in [5, 5.41) is 2.80. The third-order valence-electron chi connectivity index (χ3n) is 6.37. The summed E-state index contributed by atoms with van der Waals surface area (Å²) in [6, 6.07) is 9.21. The van der Waals surface area contributed by atoms with Gasteiger partial charge in [0.2, 0.25) is 17.7 Å². The van der Waals surface area contributed by atoms with Crippen LogP contribution in [0.2, 0.25) is 0 Å². The van der Waals surface area contributed by atoms with Gasteiger partial charge in [-0.25, -0.2) is 0 Å². The Balaban J connectivity index is 1.26. The fraction of sp³-hybridized carbons (Fsp3) is 0.450. The molecule has 0 radical (unpaired) electrons. The zero-order valence-corrected chi connectivity index (χ0v) is 13.8. The van der Waals surface area contributed by atoms with E-state index in [1.54, 1.807) is 0 Å². The van der Waals surface area contributed by atoms with E-state index in [1.807, 2.05) is 30.3 Å². The van der Waals surface area contributed by atoms with Crippen LogP contribution in [0.15, 0.2) is 42.5 Å². The van der Waals surface area contributed by atoms with Crippen LogP contribution in [0.1, 0.15) is 12.8 Å². The molecule has 0 spiro atoms. The van der Waals surface area contributed by atoms with E-state index in [0.717, 1.165) is 12.1 Å². The van der Waals surface area contributed by atoms with Crippen LogP contribution in [-0.4, -0.2) is 29.2 Å². The smallest absolute Gasteiger partial charge is 0.233 e. The minimum atomic E-state index is -0.177. The Morgan fingerprint density at radius 1 is 1.00 bits per heavy atom. The number of nitrogens with zero attached hydrogens (tertiary/aromatic N) is 1. The third kappa shape index (κ3) is 2.18. The first kappa shape index (κ1) is 14.9. The monoisotopic (exact) mass is 336 g/mol. The van der Waals surface area contributed by atoms with Gasteiger partial charge in [-0.15, -0.1) is 0 Å². The van der Waals surface area contributed by atoms with Crippen LogP contribution in [-0.2, 0) is 14.4 Å². The zero-order chi connectivity index (χ0) is 17.1. The maximum absolute atomic E-state index is 12.8. The standard InChI is InChI=1S/C20H20N2O3/c23-16(21-11-4-2-1-3-5-11)8-9-22-19(24)17-12-6-7-13(15-10-14(12)15)18(17)20(22)25/h1-7,12-15,17-18H,8-10H2,(H,21,23). The van der Waals surface area contributed by atoms with Crippen LogP contribution in [0.4, 0.5) is 5.69 Å². The Kier molecular flexibility index (Phi) is 3.14. The molecule has 3 fully saturated rings. The summed E-state index contributed by atoms with van der Waals surface area (Å²) in [5.74, 6) is 1.03. The Hall–Kier alpha value is -2.43. The number of likely N-dealkylation sites (tertiary alicyclic amines) is 1. The average molecular weight is 336 g/mol. The van der Waals surface area contributed by atoms with Gasteiger partial charge in [-0.2, -0.15) is 0 Å². The highest BCUT2D eigenvalue weighted by atomic mass is 16.2. The van der Waals surface area contributed by atoms with E-state index < -0.39 is 0 Å². The Bertz CT molecular complexity index is 751. The molecule has 6 atom stereocenters. The van der Waals surface area contributed by atoms with Crippen molar-refractivity contribution in [1.29, 1.82) is 0 Å². The van der Waals surface area contributed by atoms with E-state index in [4.69, 9.17) is 0 Å². The van der Waals surface area contributed by atoms with Gasteiger partial charge in [0.25, 0.3) is 0 Å². The van der Waals surface area contributed by atoms with Crippen molar-refractivity contribution in [1.82, 2.24) is 4.90 Å². The maximum atomic E-state index is 12.8. The van der Waals surface area contributed by atoms with Crippen LogP contribution in [0.25, 0.3) is 0 Å². The van der Waals surface area contributed by atoms with Crippen molar-refractivity contribution >= 4 is 23.4 Å². The number of benzene rings is 1. The summed E-state index contributed by atoms with van der Waals surface area (Å²) < 4.78 is 0. The summed E-state index contributed by atoms with van der Waals surface area (Å²) in [5.41, 5.74) is 0.725. The highest BCUT2D eigenvalue weighted by Gasteiger charge is 2.66. The molecule has 1 N–H and O–H groups in total. The molecule has 5 aliphatic rings. The second-order valence-corrected chi connectivity index (χ2v) is 7.65. The Morgan fingerprint density at radius 3 is 2.20 bits per heavy atom. The van der Waals surface area contributed by atoms with Gasteiger partial charge < -0.3 is 5.32 Å². The molecule has 2 bridgehead atoms. The first-order valence-corrected chi connectivity index (χ1v) is 9.03. The Labute approximate surface area is 146 Å². The van der Waals surface area contributed by atoms with Gasteiger partial charge in [-0.1, -0.05) is 30.4 Å². The van der Waals surface area contributed by atoms with Gasteiger partial charge in [0.05, 0.1) is 11.8 Å². The quantitative estimate of drug-likeness (QED) is 0.676. The lowest BCUT2D eigenvalue weighted by Crippen LogP contribution is -2.40. The van der Waals surface area contributed by atoms with Crippen molar-refractivity contribution in [3.8, 4) is 0 Å². The normalized spacial score (nSPS) is 37.0. The molecule has 5 heteroatoms. The van der Waals surface area contributed by atoms with Crippen molar-refractivity contribution < 1.29 is 14.4 Å². The molecule has 1 saturated heterocycles. The predicted molar refractivity (Wildman–Crippen MR) is 91.1 cm³/mol. The lowest BCUT2D eigenvalue weighted by atomic mass is 9.63. The summed E-state index contributed by atoms with van der Waals surface area (Å²) in [4.78, 5) is 39.1. The number of amides is 3. The van der Waals surface area contributed by atoms with E-state index in [0.29, 0.717) is 11.8 Å². The first-order chi connectivity index (χ1) is 12.1. The van der Waals surface area contributed by atoms with Crippen LogP contribution < -0.4 is 5.32 Å². The number of nitrogens with one attached hydrogen (secondary N) is 1. The summed E-state index contributed by atoms with van der Waals surface area (Å²) in [7, 11) is 0. The Morgan fingerprint density at radius 2 is 1.60 bits per heavy atom. The first-order valence-electron chi connectivity index (χ1n) is 9.03. The molecule has 6 unspecified atom stereocenters. The molecule has 5 nitrogen and oxygen atoms in total. The van der Waals surface area contributed by atoms with E-state index >= 15 is 0 Å². The van der Waals surface area contributed by atoms with Gasteiger partial charge in [-0.3, -0.25) is 19.3 Å². The number of para-hydroxylation sites is 1. The molecule has 0 aromatic heterocycles. The van der Waals surface area contributed by atoms with Gasteiger partial charge >= 0.3 is 0 Å². The SMILES string of the molecule is O=C(CCN1C(=O)C2C3C=CC(C4CC34)C2C1=O)Nc1ccccc1. The molecule has 3 amide bonds. The number of imide groups is 1. The number of carbonyl (C=O) groups is 3. The molecule has 1 aliphatic heterocycles. The zero-order valence-electron chi connectivity index (χ0n) is 13.8. The molecule has 1 heterocycles. The third-order valence-corrected chi connectivity index (χ3v) is 6.37. The number of hydrogen-bond donors (Lipinski definition) is 1. The lowest BCUT2D eigenvalue weighted by Gasteiger charge is -2.37. The number of allylic oxidation sites excluding steroid dienone is 2. The van der Waals surface area contributed by atoms with Gasteiger partial charge in [0.1, 0.15) is 0 Å².